The predicted molar refractivity (Wildman–Crippen MR) is 57.7 cm³/mol. The molecule has 0 heterocycles. The van der Waals surface area contributed by atoms with Gasteiger partial charge in [0.2, 0.25) is 0 Å². The minimum atomic E-state index is -3.00. The van der Waals surface area contributed by atoms with Gasteiger partial charge in [-0.3, -0.25) is 4.79 Å². The summed E-state index contributed by atoms with van der Waals surface area (Å²) in [6.07, 6.45) is 0.178. The number of carbonyl (C=O) groups excluding carboxylic acids is 1. The van der Waals surface area contributed by atoms with Gasteiger partial charge >= 0.3 is 6.61 Å². The summed E-state index contributed by atoms with van der Waals surface area (Å²) in [5, 5.41) is -0.0573. The standard InChI is InChI=1S/C10H8Cl2F2O2/c1-2-6(15)8-5(11)3-4-7(9(8)12)16-10(13)14/h3-4,10H,2H2,1H3. The maximum absolute atomic E-state index is 12.0. The number of alkyl halides is 2. The van der Waals surface area contributed by atoms with Gasteiger partial charge in [0.25, 0.3) is 0 Å². The summed E-state index contributed by atoms with van der Waals surface area (Å²) in [5.41, 5.74) is 0.0176. The van der Waals surface area contributed by atoms with Crippen molar-refractivity contribution in [2.24, 2.45) is 0 Å². The molecule has 0 amide bonds. The number of Topliss-reactive ketones (excluding diaryl/α,β-unsaturated/α-hetero) is 1. The molecule has 0 unspecified atom stereocenters. The predicted octanol–water partition coefficient (Wildman–Crippen LogP) is 4.19. The molecular formula is C10H8Cl2F2O2. The van der Waals surface area contributed by atoms with E-state index in [0.29, 0.717) is 0 Å². The van der Waals surface area contributed by atoms with Crippen molar-refractivity contribution in [3.05, 3.63) is 27.7 Å². The fourth-order valence-corrected chi connectivity index (χ4v) is 1.78. The summed E-state index contributed by atoms with van der Waals surface area (Å²) in [7, 11) is 0. The molecule has 6 heteroatoms. The van der Waals surface area contributed by atoms with E-state index in [0.717, 1.165) is 0 Å². The molecule has 0 aliphatic heterocycles. The van der Waals surface area contributed by atoms with Gasteiger partial charge in [-0.05, 0) is 12.1 Å². The van der Waals surface area contributed by atoms with Gasteiger partial charge in [0.15, 0.2) is 5.78 Å². The third kappa shape index (κ3) is 2.83. The van der Waals surface area contributed by atoms with Crippen LogP contribution in [0.2, 0.25) is 10.0 Å². The van der Waals surface area contributed by atoms with Crippen molar-refractivity contribution in [2.75, 3.05) is 0 Å². The zero-order chi connectivity index (χ0) is 12.3. The molecule has 16 heavy (non-hydrogen) atoms. The van der Waals surface area contributed by atoms with Crippen molar-refractivity contribution in [1.82, 2.24) is 0 Å². The average molecular weight is 269 g/mol. The maximum Gasteiger partial charge on any atom is 0.387 e. The van der Waals surface area contributed by atoms with E-state index in [-0.39, 0.29) is 33.6 Å². The van der Waals surface area contributed by atoms with Crippen LogP contribution in [0, 0.1) is 0 Å². The molecule has 0 saturated carbocycles. The Morgan fingerprint density at radius 1 is 1.44 bits per heavy atom. The lowest BCUT2D eigenvalue weighted by Gasteiger charge is -2.10. The SMILES string of the molecule is CCC(=O)c1c(Cl)ccc(OC(F)F)c1Cl. The van der Waals surface area contributed by atoms with Crippen molar-refractivity contribution in [3.8, 4) is 5.75 Å². The van der Waals surface area contributed by atoms with Crippen LogP contribution in [0.5, 0.6) is 5.75 Å². The van der Waals surface area contributed by atoms with Crippen LogP contribution in [0.1, 0.15) is 23.7 Å². The largest absolute Gasteiger partial charge is 0.433 e. The first-order valence-corrected chi connectivity index (χ1v) is 5.19. The summed E-state index contributed by atoms with van der Waals surface area (Å²) >= 11 is 11.5. The number of ketones is 1. The molecule has 0 N–H and O–H groups in total. The molecule has 1 aromatic rings. The van der Waals surface area contributed by atoms with E-state index in [9.17, 15) is 13.6 Å². The lowest BCUT2D eigenvalue weighted by atomic mass is 10.1. The van der Waals surface area contributed by atoms with Crippen LogP contribution in [0.4, 0.5) is 8.78 Å². The van der Waals surface area contributed by atoms with Crippen LogP contribution in [0.3, 0.4) is 0 Å². The first-order valence-electron chi connectivity index (χ1n) is 4.43. The van der Waals surface area contributed by atoms with Crippen molar-refractivity contribution < 1.29 is 18.3 Å². The number of halogens is 4. The molecule has 88 valence electrons. The fraction of sp³-hybridized carbons (Fsp3) is 0.300. The Morgan fingerprint density at radius 2 is 2.06 bits per heavy atom. The zero-order valence-corrected chi connectivity index (χ0v) is 9.78. The molecule has 1 rings (SSSR count). The van der Waals surface area contributed by atoms with Crippen molar-refractivity contribution in [1.29, 1.82) is 0 Å². The minimum Gasteiger partial charge on any atom is -0.433 e. The summed E-state index contributed by atoms with van der Waals surface area (Å²) in [4.78, 5) is 11.5. The molecule has 0 aromatic heterocycles. The third-order valence-electron chi connectivity index (χ3n) is 1.87. The van der Waals surface area contributed by atoms with Crippen LogP contribution in [-0.2, 0) is 0 Å². The smallest absolute Gasteiger partial charge is 0.387 e. The lowest BCUT2D eigenvalue weighted by Crippen LogP contribution is -2.05. The van der Waals surface area contributed by atoms with E-state index in [2.05, 4.69) is 4.74 Å². The highest BCUT2D eigenvalue weighted by Gasteiger charge is 2.18. The van der Waals surface area contributed by atoms with E-state index in [4.69, 9.17) is 23.2 Å². The quantitative estimate of drug-likeness (QED) is 0.766. The van der Waals surface area contributed by atoms with Crippen LogP contribution in [0.25, 0.3) is 0 Å². The molecule has 0 bridgehead atoms. The number of hydrogen-bond donors (Lipinski definition) is 0. The molecule has 0 saturated heterocycles. The Balaban J connectivity index is 3.21. The second-order valence-electron chi connectivity index (χ2n) is 2.89. The van der Waals surface area contributed by atoms with E-state index < -0.39 is 6.61 Å². The molecule has 1 aromatic carbocycles. The Bertz CT molecular complexity index is 408. The molecule has 2 nitrogen and oxygen atoms in total. The molecule has 0 radical (unpaired) electrons. The summed E-state index contributed by atoms with van der Waals surface area (Å²) in [5.74, 6) is -0.576. The fourth-order valence-electron chi connectivity index (χ4n) is 1.15. The topological polar surface area (TPSA) is 26.3 Å². The zero-order valence-electron chi connectivity index (χ0n) is 8.27. The van der Waals surface area contributed by atoms with Crippen LogP contribution >= 0.6 is 23.2 Å². The second kappa shape index (κ2) is 5.46. The second-order valence-corrected chi connectivity index (χ2v) is 3.67. The molecule has 0 atom stereocenters. The van der Waals surface area contributed by atoms with Gasteiger partial charge in [-0.25, -0.2) is 0 Å². The number of benzene rings is 1. The molecule has 0 fully saturated rings. The normalized spacial score (nSPS) is 10.6. The van der Waals surface area contributed by atoms with E-state index >= 15 is 0 Å². The molecule has 0 aliphatic carbocycles. The Morgan fingerprint density at radius 3 is 2.56 bits per heavy atom. The van der Waals surface area contributed by atoms with Gasteiger partial charge < -0.3 is 4.74 Å². The van der Waals surface area contributed by atoms with Crippen molar-refractivity contribution in [3.63, 3.8) is 0 Å². The van der Waals surface area contributed by atoms with Gasteiger partial charge in [0.1, 0.15) is 5.75 Å². The van der Waals surface area contributed by atoms with E-state index in [1.165, 1.54) is 12.1 Å². The first-order chi connectivity index (χ1) is 7.47. The Hall–Kier alpha value is -0.870. The van der Waals surface area contributed by atoms with Gasteiger partial charge in [-0.15, -0.1) is 0 Å². The summed E-state index contributed by atoms with van der Waals surface area (Å²) < 4.78 is 28.2. The third-order valence-corrected chi connectivity index (χ3v) is 2.56. The average Bonchev–Trinajstić information content (AvgIpc) is 2.21. The number of hydrogen-bond acceptors (Lipinski definition) is 2. The molecule has 0 aliphatic rings. The Kier molecular flexibility index (Phi) is 4.50. The van der Waals surface area contributed by atoms with Crippen LogP contribution < -0.4 is 4.74 Å². The van der Waals surface area contributed by atoms with Gasteiger partial charge in [0.05, 0.1) is 15.6 Å². The molecular weight excluding hydrogens is 261 g/mol. The lowest BCUT2D eigenvalue weighted by molar-refractivity contribution is -0.0498. The monoisotopic (exact) mass is 268 g/mol. The van der Waals surface area contributed by atoms with Gasteiger partial charge in [0, 0.05) is 6.42 Å². The highest BCUT2D eigenvalue weighted by atomic mass is 35.5. The highest BCUT2D eigenvalue weighted by molar-refractivity contribution is 6.40. The van der Waals surface area contributed by atoms with Crippen molar-refractivity contribution >= 4 is 29.0 Å². The first kappa shape index (κ1) is 13.2. The summed E-state index contributed by atoms with van der Waals surface area (Å²) in [6, 6.07) is 2.50. The number of carbonyl (C=O) groups is 1. The van der Waals surface area contributed by atoms with Gasteiger partial charge in [-0.1, -0.05) is 30.1 Å². The van der Waals surface area contributed by atoms with E-state index in [1.807, 2.05) is 0 Å². The molecule has 0 spiro atoms. The number of ether oxygens (including phenoxy) is 1. The minimum absolute atomic E-state index is 0.0176. The van der Waals surface area contributed by atoms with Crippen LogP contribution in [-0.4, -0.2) is 12.4 Å². The highest BCUT2D eigenvalue weighted by Crippen LogP contribution is 2.34. The van der Waals surface area contributed by atoms with Crippen LogP contribution in [0.15, 0.2) is 12.1 Å². The van der Waals surface area contributed by atoms with Gasteiger partial charge in [-0.2, -0.15) is 8.78 Å². The van der Waals surface area contributed by atoms with E-state index in [1.54, 1.807) is 6.92 Å². The number of rotatable bonds is 4. The Labute approximate surface area is 101 Å². The van der Waals surface area contributed by atoms with Crippen molar-refractivity contribution in [2.45, 2.75) is 20.0 Å². The summed E-state index contributed by atoms with van der Waals surface area (Å²) in [6.45, 7) is -1.38. The maximum atomic E-state index is 12.0.